The van der Waals surface area contributed by atoms with Gasteiger partial charge < -0.3 is 19.5 Å². The van der Waals surface area contributed by atoms with Gasteiger partial charge in [0.15, 0.2) is 0 Å². The van der Waals surface area contributed by atoms with Crippen molar-refractivity contribution in [3.63, 3.8) is 0 Å². The molecular weight excluding hydrogens is 242 g/mol. The second-order valence-corrected chi connectivity index (χ2v) is 4.73. The summed E-state index contributed by atoms with van der Waals surface area (Å²) in [6, 6.07) is 0.625. The summed E-state index contributed by atoms with van der Waals surface area (Å²) in [7, 11) is 2.02. The van der Waals surface area contributed by atoms with Crippen molar-refractivity contribution >= 4 is 0 Å². The smallest absolute Gasteiger partial charge is 0.0701 e. The monoisotopic (exact) mass is 275 g/mol. The molecule has 0 aromatic rings. The maximum atomic E-state index is 5.52. The number of hydrogen-bond acceptors (Lipinski definition) is 4. The van der Waals surface area contributed by atoms with Gasteiger partial charge >= 0.3 is 0 Å². The molecule has 0 rings (SSSR count). The molecule has 0 aliphatic carbocycles. The van der Waals surface area contributed by atoms with Crippen molar-refractivity contribution in [2.45, 2.75) is 52.0 Å². The molecule has 1 N–H and O–H groups in total. The Morgan fingerprint density at radius 2 is 1.32 bits per heavy atom. The molecule has 0 fully saturated rings. The summed E-state index contributed by atoms with van der Waals surface area (Å²) in [4.78, 5) is 0. The highest BCUT2D eigenvalue weighted by molar-refractivity contribution is 4.60. The molecule has 1 unspecified atom stereocenters. The van der Waals surface area contributed by atoms with Crippen molar-refractivity contribution in [2.24, 2.45) is 0 Å². The minimum Gasteiger partial charge on any atom is -0.379 e. The maximum Gasteiger partial charge on any atom is 0.0701 e. The van der Waals surface area contributed by atoms with E-state index in [4.69, 9.17) is 14.2 Å². The third-order valence-corrected chi connectivity index (χ3v) is 3.13. The zero-order chi connectivity index (χ0) is 14.2. The summed E-state index contributed by atoms with van der Waals surface area (Å²) in [5.74, 6) is 0. The van der Waals surface area contributed by atoms with Gasteiger partial charge in [0.1, 0.15) is 0 Å². The van der Waals surface area contributed by atoms with Crippen LogP contribution < -0.4 is 5.32 Å². The van der Waals surface area contributed by atoms with Crippen LogP contribution in [0.3, 0.4) is 0 Å². The lowest BCUT2D eigenvalue weighted by Crippen LogP contribution is -2.24. The second kappa shape index (κ2) is 15.9. The van der Waals surface area contributed by atoms with Gasteiger partial charge in [0.2, 0.25) is 0 Å². The van der Waals surface area contributed by atoms with Gasteiger partial charge in [-0.3, -0.25) is 0 Å². The Balaban J connectivity index is 3.02. The van der Waals surface area contributed by atoms with E-state index in [-0.39, 0.29) is 0 Å². The molecule has 0 aromatic heterocycles. The summed E-state index contributed by atoms with van der Waals surface area (Å²) < 4.78 is 16.3. The van der Waals surface area contributed by atoms with Gasteiger partial charge in [-0.25, -0.2) is 0 Å². The van der Waals surface area contributed by atoms with E-state index in [0.717, 1.165) is 26.1 Å². The summed E-state index contributed by atoms with van der Waals surface area (Å²) in [6.07, 6.45) is 5.78. The van der Waals surface area contributed by atoms with Crippen molar-refractivity contribution in [1.82, 2.24) is 5.32 Å². The molecule has 0 saturated carbocycles. The van der Waals surface area contributed by atoms with Crippen LogP contribution in [0.15, 0.2) is 0 Å². The molecule has 0 spiro atoms. The van der Waals surface area contributed by atoms with Crippen LogP contribution in [-0.4, -0.2) is 52.7 Å². The van der Waals surface area contributed by atoms with Crippen LogP contribution in [0.25, 0.3) is 0 Å². The molecule has 0 saturated heterocycles. The van der Waals surface area contributed by atoms with Crippen LogP contribution in [-0.2, 0) is 14.2 Å². The van der Waals surface area contributed by atoms with E-state index >= 15 is 0 Å². The number of unbranched alkanes of at least 4 members (excludes halogenated alkanes) is 1. The van der Waals surface area contributed by atoms with E-state index in [1.54, 1.807) is 0 Å². The largest absolute Gasteiger partial charge is 0.379 e. The molecule has 19 heavy (non-hydrogen) atoms. The number of ether oxygens (including phenoxy) is 3. The molecular formula is C15H33NO3. The van der Waals surface area contributed by atoms with Gasteiger partial charge in [0.25, 0.3) is 0 Å². The van der Waals surface area contributed by atoms with E-state index in [2.05, 4.69) is 19.2 Å². The molecule has 0 amide bonds. The fourth-order valence-electron chi connectivity index (χ4n) is 1.77. The summed E-state index contributed by atoms with van der Waals surface area (Å²) in [6.45, 7) is 8.76. The Morgan fingerprint density at radius 1 is 0.789 bits per heavy atom. The van der Waals surface area contributed by atoms with Crippen LogP contribution in [0.4, 0.5) is 0 Å². The van der Waals surface area contributed by atoms with Crippen molar-refractivity contribution in [2.75, 3.05) is 46.7 Å². The lowest BCUT2D eigenvalue weighted by atomic mass is 10.1. The molecule has 4 heteroatoms. The molecule has 0 aliphatic rings. The van der Waals surface area contributed by atoms with E-state index < -0.39 is 0 Å². The molecule has 1 atom stereocenters. The predicted molar refractivity (Wildman–Crippen MR) is 79.7 cm³/mol. The average molecular weight is 275 g/mol. The van der Waals surface area contributed by atoms with Crippen molar-refractivity contribution < 1.29 is 14.2 Å². The zero-order valence-corrected chi connectivity index (χ0v) is 13.1. The first-order chi connectivity index (χ1) is 9.35. The minimum atomic E-state index is 0.625. The highest BCUT2D eigenvalue weighted by Crippen LogP contribution is 2.00. The fourth-order valence-corrected chi connectivity index (χ4v) is 1.77. The highest BCUT2D eigenvalue weighted by atomic mass is 16.5. The minimum absolute atomic E-state index is 0.625. The van der Waals surface area contributed by atoms with Crippen LogP contribution in [0.2, 0.25) is 0 Å². The summed E-state index contributed by atoms with van der Waals surface area (Å²) in [5.41, 5.74) is 0. The molecule has 4 nitrogen and oxygen atoms in total. The van der Waals surface area contributed by atoms with Crippen LogP contribution >= 0.6 is 0 Å². The topological polar surface area (TPSA) is 39.7 Å². The van der Waals surface area contributed by atoms with Crippen LogP contribution in [0.5, 0.6) is 0 Å². The first-order valence-electron chi connectivity index (χ1n) is 7.75. The van der Waals surface area contributed by atoms with Gasteiger partial charge in [0.05, 0.1) is 26.4 Å². The third kappa shape index (κ3) is 14.1. The van der Waals surface area contributed by atoms with E-state index in [1.165, 1.54) is 19.3 Å². The maximum absolute atomic E-state index is 5.52. The zero-order valence-electron chi connectivity index (χ0n) is 13.1. The summed E-state index contributed by atoms with van der Waals surface area (Å²) >= 11 is 0. The molecule has 0 bridgehead atoms. The Hall–Kier alpha value is -0.160. The third-order valence-electron chi connectivity index (χ3n) is 3.13. The van der Waals surface area contributed by atoms with Gasteiger partial charge in [0, 0.05) is 19.3 Å². The van der Waals surface area contributed by atoms with Crippen molar-refractivity contribution in [1.29, 1.82) is 0 Å². The first kappa shape index (κ1) is 18.8. The van der Waals surface area contributed by atoms with Crippen molar-refractivity contribution in [3.05, 3.63) is 0 Å². The standard InChI is InChI=1S/C15H33NO3/c1-4-6-9-17-11-13-19-14-12-18-10-7-8-15(5-2)16-3/h15-16H,4-14H2,1-3H3. The van der Waals surface area contributed by atoms with Gasteiger partial charge in [-0.1, -0.05) is 20.3 Å². The van der Waals surface area contributed by atoms with E-state index in [1.807, 2.05) is 7.05 Å². The van der Waals surface area contributed by atoms with E-state index in [0.29, 0.717) is 32.5 Å². The molecule has 0 aliphatic heterocycles. The van der Waals surface area contributed by atoms with Crippen LogP contribution in [0.1, 0.15) is 46.0 Å². The quantitative estimate of drug-likeness (QED) is 0.466. The molecule has 0 radical (unpaired) electrons. The predicted octanol–water partition coefficient (Wildman–Crippen LogP) is 2.61. The van der Waals surface area contributed by atoms with Gasteiger partial charge in [-0.05, 0) is 32.7 Å². The second-order valence-electron chi connectivity index (χ2n) is 4.73. The highest BCUT2D eigenvalue weighted by Gasteiger charge is 2.01. The van der Waals surface area contributed by atoms with Gasteiger partial charge in [-0.15, -0.1) is 0 Å². The Morgan fingerprint density at radius 3 is 1.79 bits per heavy atom. The van der Waals surface area contributed by atoms with Crippen molar-refractivity contribution in [3.8, 4) is 0 Å². The van der Waals surface area contributed by atoms with E-state index in [9.17, 15) is 0 Å². The molecule has 0 aromatic carbocycles. The Kier molecular flexibility index (Phi) is 15.8. The van der Waals surface area contributed by atoms with Gasteiger partial charge in [-0.2, -0.15) is 0 Å². The molecule has 116 valence electrons. The Labute approximate surface area is 119 Å². The molecule has 0 heterocycles. The fraction of sp³-hybridized carbons (Fsp3) is 1.00. The normalized spacial score (nSPS) is 12.8. The number of hydrogen-bond donors (Lipinski definition) is 1. The lowest BCUT2D eigenvalue weighted by Gasteiger charge is -2.13. The Bertz CT molecular complexity index is 163. The average Bonchev–Trinajstić information content (AvgIpc) is 2.44. The first-order valence-corrected chi connectivity index (χ1v) is 7.75. The lowest BCUT2D eigenvalue weighted by molar-refractivity contribution is 0.0132. The number of rotatable bonds is 15. The summed E-state index contributed by atoms with van der Waals surface area (Å²) in [5, 5.41) is 3.30. The SMILES string of the molecule is CCCCOCCOCCOCCCC(CC)NC. The van der Waals surface area contributed by atoms with Crippen LogP contribution in [0, 0.1) is 0 Å². The number of nitrogens with one attached hydrogen (secondary N) is 1.